The lowest BCUT2D eigenvalue weighted by Gasteiger charge is -2.12. The second-order valence-corrected chi connectivity index (χ2v) is 7.33. The Morgan fingerprint density at radius 2 is 1.90 bits per heavy atom. The summed E-state index contributed by atoms with van der Waals surface area (Å²) in [5, 5.41) is 0.411. The minimum atomic E-state index is -0.533. The molecule has 2 aromatic heterocycles. The summed E-state index contributed by atoms with van der Waals surface area (Å²) < 4.78 is 12.4. The van der Waals surface area contributed by atoms with E-state index in [0.29, 0.717) is 45.1 Å². The van der Waals surface area contributed by atoms with Crippen LogP contribution < -0.4 is 10.5 Å². The van der Waals surface area contributed by atoms with Gasteiger partial charge in [0.15, 0.2) is 5.65 Å². The Morgan fingerprint density at radius 3 is 2.53 bits per heavy atom. The van der Waals surface area contributed by atoms with Crippen molar-refractivity contribution in [2.75, 3.05) is 12.8 Å². The van der Waals surface area contributed by atoms with E-state index in [4.69, 9.17) is 31.8 Å². The number of hydrogen-bond donors (Lipinski definition) is 1. The molecule has 4 rings (SSSR count). The predicted octanol–water partition coefficient (Wildman–Crippen LogP) is 4.77. The van der Waals surface area contributed by atoms with Crippen LogP contribution in [0.2, 0.25) is 5.02 Å². The molecule has 0 radical (unpaired) electrons. The van der Waals surface area contributed by atoms with Crippen molar-refractivity contribution in [3.8, 4) is 11.4 Å². The fraction of sp³-hybridized carbons (Fsp3) is 0.227. The molecule has 0 bridgehead atoms. The molecular formula is C22H21ClN4O3. The van der Waals surface area contributed by atoms with Gasteiger partial charge in [-0.05, 0) is 43.7 Å². The number of esters is 1. The van der Waals surface area contributed by atoms with Crippen molar-refractivity contribution in [1.29, 1.82) is 0 Å². The van der Waals surface area contributed by atoms with Crippen molar-refractivity contribution >= 4 is 45.6 Å². The van der Waals surface area contributed by atoms with Crippen LogP contribution in [0, 0.1) is 0 Å². The molecule has 1 unspecified atom stereocenters. The number of fused-ring (bicyclic) bond motifs is 2. The molecule has 154 valence electrons. The van der Waals surface area contributed by atoms with Crippen LogP contribution in [-0.4, -0.2) is 33.7 Å². The smallest absolute Gasteiger partial charge is 0.344 e. The highest BCUT2D eigenvalue weighted by molar-refractivity contribution is 6.32. The third-order valence-corrected chi connectivity index (χ3v) is 5.27. The average molecular weight is 425 g/mol. The van der Waals surface area contributed by atoms with E-state index in [1.807, 2.05) is 38.1 Å². The van der Waals surface area contributed by atoms with Gasteiger partial charge in [0.25, 0.3) is 0 Å². The molecule has 0 fully saturated rings. The van der Waals surface area contributed by atoms with Crippen LogP contribution in [0.3, 0.4) is 0 Å². The highest BCUT2D eigenvalue weighted by atomic mass is 35.5. The van der Waals surface area contributed by atoms with Gasteiger partial charge < -0.3 is 15.2 Å². The van der Waals surface area contributed by atoms with Crippen molar-refractivity contribution in [2.45, 2.75) is 26.4 Å². The fourth-order valence-electron chi connectivity index (χ4n) is 3.24. The number of halogens is 1. The third-order valence-electron chi connectivity index (χ3n) is 4.98. The number of hydrogen-bond acceptors (Lipinski definition) is 6. The van der Waals surface area contributed by atoms with Gasteiger partial charge in [-0.15, -0.1) is 0 Å². The fourth-order valence-corrected chi connectivity index (χ4v) is 3.50. The molecule has 0 aliphatic carbocycles. The lowest BCUT2D eigenvalue weighted by molar-refractivity contribution is 0.0338. The van der Waals surface area contributed by atoms with Gasteiger partial charge in [0.05, 0.1) is 35.0 Å². The summed E-state index contributed by atoms with van der Waals surface area (Å²) in [7, 11) is 1.54. The summed E-state index contributed by atoms with van der Waals surface area (Å²) >= 11 is 6.33. The van der Waals surface area contributed by atoms with Crippen LogP contribution in [0.5, 0.6) is 5.75 Å². The first kappa shape index (κ1) is 20.0. The van der Waals surface area contributed by atoms with Crippen molar-refractivity contribution in [3.63, 3.8) is 0 Å². The van der Waals surface area contributed by atoms with Crippen LogP contribution in [0.25, 0.3) is 27.9 Å². The Bertz CT molecular complexity index is 1270. The second kappa shape index (κ2) is 7.84. The van der Waals surface area contributed by atoms with E-state index in [0.717, 1.165) is 0 Å². The quantitative estimate of drug-likeness (QED) is 0.464. The molecule has 0 saturated heterocycles. The summed E-state index contributed by atoms with van der Waals surface area (Å²) in [6.45, 7) is 3.77. The number of nitrogens with two attached hydrogens (primary N) is 1. The standard InChI is InChI=1S/C22H21ClN4O3/c1-4-12(2)30-22(28)18-19-21(26-16-8-6-5-7-15(16)25-19)27(20(18)24)13-9-10-17(29-3)14(23)11-13/h5-12H,4,24H2,1-3H3. The largest absolute Gasteiger partial charge is 0.495 e. The van der Waals surface area contributed by atoms with Crippen molar-refractivity contribution in [3.05, 3.63) is 53.1 Å². The Labute approximate surface area is 178 Å². The molecule has 4 aromatic rings. The lowest BCUT2D eigenvalue weighted by Crippen LogP contribution is -2.15. The number of nitrogen functional groups attached to an aromatic ring is 1. The molecule has 1 atom stereocenters. The molecule has 0 amide bonds. The summed E-state index contributed by atoms with van der Waals surface area (Å²) in [6, 6.07) is 12.7. The van der Waals surface area contributed by atoms with Crippen LogP contribution in [0.4, 0.5) is 5.82 Å². The van der Waals surface area contributed by atoms with E-state index < -0.39 is 5.97 Å². The van der Waals surface area contributed by atoms with E-state index >= 15 is 0 Å². The molecule has 0 spiro atoms. The second-order valence-electron chi connectivity index (χ2n) is 6.92. The molecule has 30 heavy (non-hydrogen) atoms. The number of carbonyl (C=O) groups excluding carboxylic acids is 1. The maximum atomic E-state index is 13.0. The number of aromatic nitrogens is 3. The first-order valence-electron chi connectivity index (χ1n) is 9.56. The highest BCUT2D eigenvalue weighted by Gasteiger charge is 2.27. The van der Waals surface area contributed by atoms with Crippen LogP contribution in [0.15, 0.2) is 42.5 Å². The Kier molecular flexibility index (Phi) is 5.22. The zero-order chi connectivity index (χ0) is 21.4. The van der Waals surface area contributed by atoms with Gasteiger partial charge in [0.2, 0.25) is 0 Å². The predicted molar refractivity (Wildman–Crippen MR) is 118 cm³/mol. The number of methoxy groups -OCH3 is 1. The number of carbonyl (C=O) groups is 1. The zero-order valence-corrected chi connectivity index (χ0v) is 17.6. The van der Waals surface area contributed by atoms with E-state index in [-0.39, 0.29) is 17.5 Å². The Hall–Kier alpha value is -3.32. The topological polar surface area (TPSA) is 92.3 Å². The summed E-state index contributed by atoms with van der Waals surface area (Å²) in [6.07, 6.45) is 0.437. The number of rotatable bonds is 5. The molecule has 2 heterocycles. The first-order valence-corrected chi connectivity index (χ1v) is 9.94. The normalized spacial score (nSPS) is 12.3. The summed E-state index contributed by atoms with van der Waals surface area (Å²) in [4.78, 5) is 22.4. The summed E-state index contributed by atoms with van der Waals surface area (Å²) in [5.74, 6) is 0.188. The van der Waals surface area contributed by atoms with Crippen LogP contribution >= 0.6 is 11.6 Å². The number of para-hydroxylation sites is 2. The van der Waals surface area contributed by atoms with Crippen molar-refractivity contribution in [1.82, 2.24) is 14.5 Å². The number of nitrogens with zero attached hydrogens (tertiary/aromatic N) is 3. The lowest BCUT2D eigenvalue weighted by atomic mass is 10.2. The molecule has 0 aliphatic heterocycles. The van der Waals surface area contributed by atoms with Crippen molar-refractivity contribution in [2.24, 2.45) is 0 Å². The maximum Gasteiger partial charge on any atom is 0.344 e. The van der Waals surface area contributed by atoms with E-state index in [2.05, 4.69) is 4.98 Å². The highest BCUT2D eigenvalue weighted by Crippen LogP contribution is 2.34. The molecular weight excluding hydrogens is 404 g/mol. The van der Waals surface area contributed by atoms with Crippen LogP contribution in [0.1, 0.15) is 30.6 Å². The van der Waals surface area contributed by atoms with Gasteiger partial charge in [0.1, 0.15) is 22.6 Å². The summed E-state index contributed by atoms with van der Waals surface area (Å²) in [5.41, 5.74) is 9.46. The monoisotopic (exact) mass is 424 g/mol. The van der Waals surface area contributed by atoms with Gasteiger partial charge in [0, 0.05) is 0 Å². The minimum absolute atomic E-state index is 0.190. The van der Waals surface area contributed by atoms with Gasteiger partial charge >= 0.3 is 5.97 Å². The van der Waals surface area contributed by atoms with Crippen LogP contribution in [-0.2, 0) is 4.74 Å². The molecule has 8 heteroatoms. The molecule has 7 nitrogen and oxygen atoms in total. The van der Waals surface area contributed by atoms with E-state index in [9.17, 15) is 4.79 Å². The van der Waals surface area contributed by atoms with Gasteiger partial charge in [-0.1, -0.05) is 30.7 Å². The van der Waals surface area contributed by atoms with Gasteiger partial charge in [-0.2, -0.15) is 0 Å². The third kappa shape index (κ3) is 3.31. The SMILES string of the molecule is CCC(C)OC(=O)c1c(N)n(-c2ccc(OC)c(Cl)c2)c2nc3ccccc3nc12. The Morgan fingerprint density at radius 1 is 1.20 bits per heavy atom. The molecule has 0 aliphatic rings. The molecule has 2 aromatic carbocycles. The molecule has 0 saturated carbocycles. The van der Waals surface area contributed by atoms with Crippen molar-refractivity contribution < 1.29 is 14.3 Å². The van der Waals surface area contributed by atoms with Gasteiger partial charge in [-0.25, -0.2) is 14.8 Å². The van der Waals surface area contributed by atoms with E-state index in [1.165, 1.54) is 0 Å². The maximum absolute atomic E-state index is 13.0. The molecule has 2 N–H and O–H groups in total. The minimum Gasteiger partial charge on any atom is -0.495 e. The number of ether oxygens (including phenoxy) is 2. The average Bonchev–Trinajstić information content (AvgIpc) is 3.02. The Balaban J connectivity index is 2.02. The number of benzene rings is 2. The van der Waals surface area contributed by atoms with E-state index in [1.54, 1.807) is 29.9 Å². The zero-order valence-electron chi connectivity index (χ0n) is 16.8. The number of anilines is 1. The van der Waals surface area contributed by atoms with Gasteiger partial charge in [-0.3, -0.25) is 4.57 Å². The first-order chi connectivity index (χ1) is 14.4.